The number of rotatable bonds is 8. The summed E-state index contributed by atoms with van der Waals surface area (Å²) in [5.41, 5.74) is 11.3. The van der Waals surface area contributed by atoms with Crippen LogP contribution in [0.1, 0.15) is 24.8 Å². The van der Waals surface area contributed by atoms with Crippen LogP contribution in [-0.2, 0) is 16.0 Å². The van der Waals surface area contributed by atoms with Crippen LogP contribution in [0.25, 0.3) is 34.0 Å². The summed E-state index contributed by atoms with van der Waals surface area (Å²) in [7, 11) is 0. The van der Waals surface area contributed by atoms with Gasteiger partial charge in [0.1, 0.15) is 5.69 Å². The highest BCUT2D eigenvalue weighted by Crippen LogP contribution is 2.33. The SMILES string of the molecule is Nc1ncc(-c2ccc(SC3CCOCC3)cc2)nc1-c1cc(-c2ccc(CNC3CCOC3)cc2)no1. The molecule has 0 spiro atoms. The van der Waals surface area contributed by atoms with Gasteiger partial charge >= 0.3 is 0 Å². The number of aromatic nitrogens is 3. The normalized spacial score (nSPS) is 18.2. The summed E-state index contributed by atoms with van der Waals surface area (Å²) < 4.78 is 16.6. The summed E-state index contributed by atoms with van der Waals surface area (Å²) in [6, 6.07) is 19.0. The zero-order valence-electron chi connectivity index (χ0n) is 21.1. The summed E-state index contributed by atoms with van der Waals surface area (Å²) in [6.45, 7) is 4.14. The number of anilines is 1. The van der Waals surface area contributed by atoms with Gasteiger partial charge in [0.15, 0.2) is 17.3 Å². The number of hydrogen-bond acceptors (Lipinski definition) is 9. The van der Waals surface area contributed by atoms with Crippen LogP contribution >= 0.6 is 11.8 Å². The second-order valence-electron chi connectivity index (χ2n) is 9.66. The fourth-order valence-corrected chi connectivity index (χ4v) is 5.79. The zero-order chi connectivity index (χ0) is 25.7. The molecule has 38 heavy (non-hydrogen) atoms. The van der Waals surface area contributed by atoms with Crippen LogP contribution in [0.3, 0.4) is 0 Å². The minimum absolute atomic E-state index is 0.306. The Morgan fingerprint density at radius 3 is 2.39 bits per heavy atom. The summed E-state index contributed by atoms with van der Waals surface area (Å²) in [5.74, 6) is 0.797. The van der Waals surface area contributed by atoms with Crippen molar-refractivity contribution in [2.75, 3.05) is 32.2 Å². The molecular weight excluding hydrogens is 498 g/mol. The lowest BCUT2D eigenvalue weighted by atomic mass is 10.1. The fourth-order valence-electron chi connectivity index (χ4n) is 4.68. The summed E-state index contributed by atoms with van der Waals surface area (Å²) in [5, 5.41) is 8.41. The van der Waals surface area contributed by atoms with E-state index in [1.165, 1.54) is 10.5 Å². The van der Waals surface area contributed by atoms with Crippen LogP contribution < -0.4 is 11.1 Å². The van der Waals surface area contributed by atoms with Gasteiger partial charge in [-0.3, -0.25) is 0 Å². The number of nitrogens with two attached hydrogens (primary N) is 1. The molecule has 0 amide bonds. The number of benzene rings is 2. The Morgan fingerprint density at radius 1 is 0.895 bits per heavy atom. The third kappa shape index (κ3) is 5.91. The topological polar surface area (TPSA) is 108 Å². The van der Waals surface area contributed by atoms with E-state index < -0.39 is 0 Å². The van der Waals surface area contributed by atoms with Gasteiger partial charge in [-0.25, -0.2) is 9.97 Å². The van der Waals surface area contributed by atoms with E-state index in [1.54, 1.807) is 6.20 Å². The van der Waals surface area contributed by atoms with E-state index in [-0.39, 0.29) is 0 Å². The molecule has 2 aliphatic rings. The van der Waals surface area contributed by atoms with Crippen molar-refractivity contribution < 1.29 is 14.0 Å². The largest absolute Gasteiger partial charge is 0.382 e. The van der Waals surface area contributed by atoms with Crippen molar-refractivity contribution in [2.24, 2.45) is 0 Å². The average molecular weight is 530 g/mol. The van der Waals surface area contributed by atoms with Crippen molar-refractivity contribution in [2.45, 2.75) is 42.0 Å². The van der Waals surface area contributed by atoms with E-state index in [4.69, 9.17) is 24.7 Å². The number of thioether (sulfide) groups is 1. The Kier molecular flexibility index (Phi) is 7.69. The van der Waals surface area contributed by atoms with E-state index in [2.05, 4.69) is 64.0 Å². The Hall–Kier alpha value is -3.24. The second kappa shape index (κ2) is 11.7. The highest BCUT2D eigenvalue weighted by molar-refractivity contribution is 8.00. The molecule has 3 N–H and O–H groups in total. The van der Waals surface area contributed by atoms with Gasteiger partial charge in [-0.15, -0.1) is 11.8 Å². The maximum absolute atomic E-state index is 6.19. The first-order valence-electron chi connectivity index (χ1n) is 13.1. The Morgan fingerprint density at radius 2 is 1.63 bits per heavy atom. The van der Waals surface area contributed by atoms with Crippen molar-refractivity contribution in [3.05, 3.63) is 66.4 Å². The molecule has 0 saturated carbocycles. The molecule has 1 atom stereocenters. The number of hydrogen-bond donors (Lipinski definition) is 2. The molecule has 9 heteroatoms. The van der Waals surface area contributed by atoms with Crippen LogP contribution in [0, 0.1) is 0 Å². The highest BCUT2D eigenvalue weighted by Gasteiger charge is 2.18. The minimum Gasteiger partial charge on any atom is -0.382 e. The van der Waals surface area contributed by atoms with Gasteiger partial charge in [0.05, 0.1) is 18.5 Å². The second-order valence-corrected chi connectivity index (χ2v) is 11.0. The maximum atomic E-state index is 6.19. The Labute approximate surface area is 226 Å². The van der Waals surface area contributed by atoms with Crippen LogP contribution in [-0.4, -0.2) is 52.8 Å². The first-order valence-corrected chi connectivity index (χ1v) is 13.9. The fraction of sp³-hybridized carbons (Fsp3) is 0.345. The maximum Gasteiger partial charge on any atom is 0.189 e. The lowest BCUT2D eigenvalue weighted by Gasteiger charge is -2.21. The number of nitrogens with zero attached hydrogens (tertiary/aromatic N) is 3. The van der Waals surface area contributed by atoms with Gasteiger partial charge in [-0.05, 0) is 37.0 Å². The predicted octanol–water partition coefficient (Wildman–Crippen LogP) is 5.20. The molecule has 0 aliphatic carbocycles. The molecule has 4 heterocycles. The molecule has 1 unspecified atom stereocenters. The Balaban J connectivity index is 1.14. The molecule has 2 saturated heterocycles. The first-order chi connectivity index (χ1) is 18.7. The standard InChI is InChI=1S/C29H31N5O3S/c30-29-28(33-26(17-32-29)21-5-7-23(8-6-21)38-24-10-13-35-14-11-24)27-15-25(34-37-27)20-3-1-19(2-4-20)16-31-22-9-12-36-18-22/h1-8,15,17,22,24,31H,9-14,16,18H2,(H2,30,32). The Bertz CT molecular complexity index is 1350. The summed E-state index contributed by atoms with van der Waals surface area (Å²) in [4.78, 5) is 10.4. The van der Waals surface area contributed by atoms with E-state index in [1.807, 2.05) is 17.8 Å². The minimum atomic E-state index is 0.306. The monoisotopic (exact) mass is 529 g/mol. The van der Waals surface area contributed by atoms with Crippen molar-refractivity contribution >= 4 is 17.6 Å². The van der Waals surface area contributed by atoms with Crippen LogP contribution in [0.15, 0.2) is 70.2 Å². The van der Waals surface area contributed by atoms with Crippen LogP contribution in [0.2, 0.25) is 0 Å². The molecule has 2 fully saturated rings. The van der Waals surface area contributed by atoms with E-state index in [0.717, 1.165) is 74.7 Å². The summed E-state index contributed by atoms with van der Waals surface area (Å²) in [6.07, 6.45) is 4.95. The lowest BCUT2D eigenvalue weighted by Crippen LogP contribution is -2.28. The van der Waals surface area contributed by atoms with Gasteiger partial charge in [-0.1, -0.05) is 41.6 Å². The molecule has 0 radical (unpaired) electrons. The van der Waals surface area contributed by atoms with Gasteiger partial charge in [0.2, 0.25) is 0 Å². The quantitative estimate of drug-likeness (QED) is 0.318. The van der Waals surface area contributed by atoms with E-state index >= 15 is 0 Å². The predicted molar refractivity (Wildman–Crippen MR) is 149 cm³/mol. The first kappa shape index (κ1) is 25.1. The molecular formula is C29H31N5O3S. The molecule has 8 nitrogen and oxygen atoms in total. The lowest BCUT2D eigenvalue weighted by molar-refractivity contribution is 0.100. The van der Waals surface area contributed by atoms with E-state index in [9.17, 15) is 0 Å². The summed E-state index contributed by atoms with van der Waals surface area (Å²) >= 11 is 1.91. The molecule has 0 bridgehead atoms. The molecule has 2 aromatic heterocycles. The third-order valence-electron chi connectivity index (χ3n) is 6.94. The zero-order valence-corrected chi connectivity index (χ0v) is 22.0. The molecule has 196 valence electrons. The van der Waals surface area contributed by atoms with Crippen LogP contribution in [0.5, 0.6) is 0 Å². The molecule has 4 aromatic rings. The molecule has 6 rings (SSSR count). The van der Waals surface area contributed by atoms with Crippen molar-refractivity contribution in [1.29, 1.82) is 0 Å². The van der Waals surface area contributed by atoms with Crippen molar-refractivity contribution in [3.8, 4) is 34.0 Å². The molecule has 2 aliphatic heterocycles. The van der Waals surface area contributed by atoms with Gasteiger partial charge in [0, 0.05) is 59.7 Å². The van der Waals surface area contributed by atoms with E-state index in [0.29, 0.717) is 28.6 Å². The number of ether oxygens (including phenoxy) is 2. The number of nitrogens with one attached hydrogen (secondary N) is 1. The molecule has 2 aromatic carbocycles. The van der Waals surface area contributed by atoms with Gasteiger partial charge in [0.25, 0.3) is 0 Å². The smallest absolute Gasteiger partial charge is 0.189 e. The third-order valence-corrected chi connectivity index (χ3v) is 8.29. The van der Waals surface area contributed by atoms with Crippen LogP contribution in [0.4, 0.5) is 5.82 Å². The average Bonchev–Trinajstić information content (AvgIpc) is 3.67. The van der Waals surface area contributed by atoms with Crippen molar-refractivity contribution in [3.63, 3.8) is 0 Å². The van der Waals surface area contributed by atoms with Crippen molar-refractivity contribution in [1.82, 2.24) is 20.4 Å². The van der Waals surface area contributed by atoms with Gasteiger partial charge < -0.3 is 25.0 Å². The number of nitrogen functional groups attached to an aromatic ring is 1. The highest BCUT2D eigenvalue weighted by atomic mass is 32.2. The van der Waals surface area contributed by atoms with Gasteiger partial charge in [-0.2, -0.15) is 0 Å².